The summed E-state index contributed by atoms with van der Waals surface area (Å²) in [5, 5.41) is 18.6. The predicted octanol–water partition coefficient (Wildman–Crippen LogP) is 1.84. The molecule has 0 amide bonds. The number of carboxylic acids is 1. The number of carbonyl (C=O) groups is 1. The van der Waals surface area contributed by atoms with Gasteiger partial charge in [0.15, 0.2) is 11.3 Å². The summed E-state index contributed by atoms with van der Waals surface area (Å²) >= 11 is 0. The van der Waals surface area contributed by atoms with Gasteiger partial charge in [-0.05, 0) is 12.1 Å². The van der Waals surface area contributed by atoms with Gasteiger partial charge >= 0.3 is 12.1 Å². The molecule has 3 rings (SSSR count). The number of alkyl halides is 3. The SMILES string of the molecule is O=C(O)c1nc2c(C(F)(F)F)cccn2c1-c1cn[nH]n1. The standard InChI is InChI=1S/C11H6F3N5O2/c12-11(13,14)5-2-1-3-19-8(6-4-15-18-17-6)7(10(20)21)16-9(5)19/h1-4H,(H,20,21)(H,15,17,18). The lowest BCUT2D eigenvalue weighted by Crippen LogP contribution is -2.07. The molecule has 108 valence electrons. The maximum atomic E-state index is 13.0. The summed E-state index contributed by atoms with van der Waals surface area (Å²) in [5.41, 5.74) is -2.04. The van der Waals surface area contributed by atoms with Gasteiger partial charge in [-0.1, -0.05) is 0 Å². The quantitative estimate of drug-likeness (QED) is 0.752. The lowest BCUT2D eigenvalue weighted by atomic mass is 10.2. The largest absolute Gasteiger partial charge is 0.476 e. The van der Waals surface area contributed by atoms with Crippen molar-refractivity contribution in [3.8, 4) is 11.4 Å². The molecule has 0 saturated heterocycles. The van der Waals surface area contributed by atoms with Crippen molar-refractivity contribution in [3.05, 3.63) is 35.8 Å². The van der Waals surface area contributed by atoms with Crippen LogP contribution in [0.2, 0.25) is 0 Å². The molecule has 0 saturated carbocycles. The fraction of sp³-hybridized carbons (Fsp3) is 0.0909. The van der Waals surface area contributed by atoms with Gasteiger partial charge in [0, 0.05) is 6.20 Å². The van der Waals surface area contributed by atoms with Crippen molar-refractivity contribution >= 4 is 11.6 Å². The number of imidazole rings is 1. The monoisotopic (exact) mass is 297 g/mol. The second kappa shape index (κ2) is 4.30. The number of fused-ring (bicyclic) bond motifs is 1. The number of hydrogen-bond donors (Lipinski definition) is 2. The van der Waals surface area contributed by atoms with E-state index in [9.17, 15) is 18.0 Å². The van der Waals surface area contributed by atoms with E-state index in [4.69, 9.17) is 5.11 Å². The van der Waals surface area contributed by atoms with Gasteiger partial charge in [-0.15, -0.1) is 0 Å². The first-order valence-corrected chi connectivity index (χ1v) is 5.57. The number of nitrogens with zero attached hydrogens (tertiary/aromatic N) is 4. The number of aromatic amines is 1. The summed E-state index contributed by atoms with van der Waals surface area (Å²) in [6, 6.07) is 1.99. The Morgan fingerprint density at radius 2 is 2.14 bits per heavy atom. The summed E-state index contributed by atoms with van der Waals surface area (Å²) in [5.74, 6) is -1.45. The zero-order valence-electron chi connectivity index (χ0n) is 10.1. The van der Waals surface area contributed by atoms with Gasteiger partial charge in [-0.3, -0.25) is 4.40 Å². The summed E-state index contributed by atoms with van der Waals surface area (Å²) in [4.78, 5) is 14.8. The molecular weight excluding hydrogens is 291 g/mol. The molecule has 0 atom stereocenters. The van der Waals surface area contributed by atoms with Crippen molar-refractivity contribution in [1.82, 2.24) is 24.8 Å². The topological polar surface area (TPSA) is 96.2 Å². The van der Waals surface area contributed by atoms with Crippen molar-refractivity contribution in [2.45, 2.75) is 6.18 Å². The molecule has 3 aromatic rings. The first-order chi connectivity index (χ1) is 9.89. The van der Waals surface area contributed by atoms with Gasteiger partial charge in [-0.25, -0.2) is 9.78 Å². The van der Waals surface area contributed by atoms with Crippen LogP contribution < -0.4 is 0 Å². The molecule has 3 heterocycles. The van der Waals surface area contributed by atoms with Crippen molar-refractivity contribution in [2.75, 3.05) is 0 Å². The number of nitrogens with one attached hydrogen (secondary N) is 1. The summed E-state index contributed by atoms with van der Waals surface area (Å²) < 4.78 is 39.9. The number of aromatic nitrogens is 5. The Morgan fingerprint density at radius 1 is 1.38 bits per heavy atom. The van der Waals surface area contributed by atoms with Crippen LogP contribution in [-0.2, 0) is 6.18 Å². The van der Waals surface area contributed by atoms with Gasteiger partial charge < -0.3 is 5.11 Å². The van der Waals surface area contributed by atoms with E-state index < -0.39 is 29.1 Å². The molecule has 7 nitrogen and oxygen atoms in total. The van der Waals surface area contributed by atoms with Gasteiger partial charge in [0.25, 0.3) is 0 Å². The maximum absolute atomic E-state index is 13.0. The third kappa shape index (κ3) is 2.00. The highest BCUT2D eigenvalue weighted by molar-refractivity contribution is 5.94. The Hall–Kier alpha value is -2.91. The molecule has 0 spiro atoms. The fourth-order valence-electron chi connectivity index (χ4n) is 2.00. The van der Waals surface area contributed by atoms with E-state index in [1.54, 1.807) is 0 Å². The first-order valence-electron chi connectivity index (χ1n) is 5.57. The van der Waals surface area contributed by atoms with E-state index in [1.807, 2.05) is 0 Å². The molecule has 0 aromatic carbocycles. The second-order valence-corrected chi connectivity index (χ2v) is 4.08. The Bertz CT molecular complexity index is 822. The number of aromatic carboxylic acids is 1. The average Bonchev–Trinajstić information content (AvgIpc) is 3.03. The van der Waals surface area contributed by atoms with E-state index in [-0.39, 0.29) is 11.4 Å². The van der Waals surface area contributed by atoms with E-state index in [0.717, 1.165) is 16.5 Å². The van der Waals surface area contributed by atoms with Crippen LogP contribution in [0.15, 0.2) is 24.5 Å². The zero-order valence-corrected chi connectivity index (χ0v) is 10.1. The molecule has 0 aliphatic rings. The minimum absolute atomic E-state index is 0.0719. The van der Waals surface area contributed by atoms with Crippen LogP contribution in [0.3, 0.4) is 0 Å². The van der Waals surface area contributed by atoms with Gasteiger partial charge in [0.1, 0.15) is 11.4 Å². The number of carboxylic acid groups (broad SMARTS) is 1. The van der Waals surface area contributed by atoms with Gasteiger partial charge in [-0.2, -0.15) is 28.6 Å². The first kappa shape index (κ1) is 13.1. The number of hydrogen-bond acceptors (Lipinski definition) is 4. The zero-order chi connectivity index (χ0) is 15.2. The van der Waals surface area contributed by atoms with Crippen LogP contribution in [0.5, 0.6) is 0 Å². The minimum atomic E-state index is -4.65. The van der Waals surface area contributed by atoms with E-state index >= 15 is 0 Å². The molecule has 2 N–H and O–H groups in total. The molecular formula is C11H6F3N5O2. The van der Waals surface area contributed by atoms with Crippen LogP contribution in [0.25, 0.3) is 17.0 Å². The van der Waals surface area contributed by atoms with Crippen LogP contribution in [0, 0.1) is 0 Å². The Morgan fingerprint density at radius 3 is 2.71 bits per heavy atom. The maximum Gasteiger partial charge on any atom is 0.419 e. The Labute approximate surface area is 114 Å². The van der Waals surface area contributed by atoms with Crippen molar-refractivity contribution < 1.29 is 23.1 Å². The highest BCUT2D eigenvalue weighted by Gasteiger charge is 2.35. The molecule has 0 aliphatic carbocycles. The normalized spacial score (nSPS) is 12.0. The van der Waals surface area contributed by atoms with E-state index in [2.05, 4.69) is 20.4 Å². The van der Waals surface area contributed by atoms with Gasteiger partial charge in [0.2, 0.25) is 0 Å². The van der Waals surface area contributed by atoms with Crippen LogP contribution in [0.4, 0.5) is 13.2 Å². The van der Waals surface area contributed by atoms with Gasteiger partial charge in [0.05, 0.1) is 11.8 Å². The highest BCUT2D eigenvalue weighted by Crippen LogP contribution is 2.34. The molecule has 0 radical (unpaired) electrons. The Kier molecular flexibility index (Phi) is 2.68. The highest BCUT2D eigenvalue weighted by atomic mass is 19.4. The third-order valence-corrected chi connectivity index (χ3v) is 2.82. The number of rotatable bonds is 2. The molecule has 0 unspecified atom stereocenters. The Balaban J connectivity index is 2.41. The summed E-state index contributed by atoms with van der Waals surface area (Å²) in [6.07, 6.45) is -2.16. The fourth-order valence-corrected chi connectivity index (χ4v) is 2.00. The summed E-state index contributed by atoms with van der Waals surface area (Å²) in [7, 11) is 0. The lowest BCUT2D eigenvalue weighted by molar-refractivity contribution is -0.136. The molecule has 0 aliphatic heterocycles. The molecule has 0 bridgehead atoms. The van der Waals surface area contributed by atoms with Crippen molar-refractivity contribution in [3.63, 3.8) is 0 Å². The number of halogens is 3. The molecule has 10 heteroatoms. The minimum Gasteiger partial charge on any atom is -0.476 e. The smallest absolute Gasteiger partial charge is 0.419 e. The third-order valence-electron chi connectivity index (χ3n) is 2.82. The van der Waals surface area contributed by atoms with Crippen LogP contribution in [-0.4, -0.2) is 35.9 Å². The summed E-state index contributed by atoms with van der Waals surface area (Å²) in [6.45, 7) is 0. The van der Waals surface area contributed by atoms with E-state index in [1.165, 1.54) is 12.4 Å². The van der Waals surface area contributed by atoms with Crippen LogP contribution >= 0.6 is 0 Å². The van der Waals surface area contributed by atoms with E-state index in [0.29, 0.717) is 0 Å². The van der Waals surface area contributed by atoms with Crippen molar-refractivity contribution in [1.29, 1.82) is 0 Å². The molecule has 21 heavy (non-hydrogen) atoms. The number of H-pyrrole nitrogens is 1. The van der Waals surface area contributed by atoms with Crippen molar-refractivity contribution in [2.24, 2.45) is 0 Å². The second-order valence-electron chi connectivity index (χ2n) is 4.08. The lowest BCUT2D eigenvalue weighted by Gasteiger charge is -2.07. The van der Waals surface area contributed by atoms with Crippen LogP contribution in [0.1, 0.15) is 16.1 Å². The molecule has 3 aromatic heterocycles. The predicted molar refractivity (Wildman–Crippen MR) is 62.5 cm³/mol. The molecule has 0 fully saturated rings. The number of pyridine rings is 1. The average molecular weight is 297 g/mol.